The molecule has 0 bridgehead atoms. The van der Waals surface area contributed by atoms with Gasteiger partial charge in [-0.3, -0.25) is 4.79 Å². The van der Waals surface area contributed by atoms with Crippen molar-refractivity contribution in [2.45, 2.75) is 26.2 Å². The minimum Gasteiger partial charge on any atom is -0.465 e. The van der Waals surface area contributed by atoms with E-state index in [4.69, 9.17) is 9.40 Å². The van der Waals surface area contributed by atoms with Crippen LogP contribution in [0.25, 0.3) is 6.08 Å². The highest BCUT2D eigenvalue weighted by Gasteiger charge is 2.22. The van der Waals surface area contributed by atoms with E-state index in [0.717, 1.165) is 43.6 Å². The number of rotatable bonds is 4. The van der Waals surface area contributed by atoms with Gasteiger partial charge in [0.15, 0.2) is 0 Å². The predicted molar refractivity (Wildman–Crippen MR) is 109 cm³/mol. The molecule has 0 aliphatic carbocycles. The van der Waals surface area contributed by atoms with Gasteiger partial charge in [0, 0.05) is 57.1 Å². The first kappa shape index (κ1) is 18.5. The zero-order valence-electron chi connectivity index (χ0n) is 16.4. The summed E-state index contributed by atoms with van der Waals surface area (Å²) in [6, 6.07) is 5.69. The summed E-state index contributed by atoms with van der Waals surface area (Å²) < 4.78 is 5.23. The minimum atomic E-state index is 0.0175. The monoisotopic (exact) mass is 381 g/mol. The first-order chi connectivity index (χ1) is 13.7. The molecule has 2 aliphatic heterocycles. The van der Waals surface area contributed by atoms with Crippen LogP contribution in [0.5, 0.6) is 0 Å². The van der Waals surface area contributed by atoms with Crippen LogP contribution in [0.3, 0.4) is 0 Å². The Morgan fingerprint density at radius 3 is 2.54 bits per heavy atom. The quantitative estimate of drug-likeness (QED) is 0.759. The molecule has 2 aromatic rings. The highest BCUT2D eigenvalue weighted by Crippen LogP contribution is 2.21. The molecule has 0 saturated carbocycles. The lowest BCUT2D eigenvalue weighted by Gasteiger charge is -2.35. The Morgan fingerprint density at radius 2 is 1.82 bits per heavy atom. The molecule has 2 aromatic heterocycles. The summed E-state index contributed by atoms with van der Waals surface area (Å²) in [5, 5.41) is 0. The largest absolute Gasteiger partial charge is 0.465 e. The first-order valence-corrected chi connectivity index (χ1v) is 10.0. The number of hydrogen-bond acceptors (Lipinski definition) is 6. The molecule has 0 aromatic carbocycles. The number of carbonyl (C=O) groups is 1. The van der Waals surface area contributed by atoms with E-state index < -0.39 is 0 Å². The number of carbonyl (C=O) groups excluding carboxylic acids is 1. The van der Waals surface area contributed by atoms with E-state index >= 15 is 0 Å². The Hall–Kier alpha value is -2.83. The van der Waals surface area contributed by atoms with Gasteiger partial charge in [-0.05, 0) is 44.4 Å². The molecular formula is C21H27N5O2. The first-order valence-electron chi connectivity index (χ1n) is 10.0. The van der Waals surface area contributed by atoms with Crippen LogP contribution in [0.2, 0.25) is 0 Å². The number of aromatic nitrogens is 2. The lowest BCUT2D eigenvalue weighted by atomic mass is 10.1. The van der Waals surface area contributed by atoms with Crippen molar-refractivity contribution >= 4 is 23.7 Å². The van der Waals surface area contributed by atoms with Gasteiger partial charge in [0.2, 0.25) is 11.9 Å². The van der Waals surface area contributed by atoms with Gasteiger partial charge in [-0.1, -0.05) is 0 Å². The molecule has 7 heteroatoms. The third-order valence-electron chi connectivity index (χ3n) is 5.32. The molecule has 2 saturated heterocycles. The molecule has 2 aliphatic rings. The molecular weight excluding hydrogens is 354 g/mol. The number of aryl methyl sites for hydroxylation is 1. The molecule has 0 spiro atoms. The molecule has 4 rings (SSSR count). The molecule has 28 heavy (non-hydrogen) atoms. The van der Waals surface area contributed by atoms with Gasteiger partial charge >= 0.3 is 0 Å². The summed E-state index contributed by atoms with van der Waals surface area (Å²) in [5.74, 6) is 2.51. The van der Waals surface area contributed by atoms with E-state index in [-0.39, 0.29) is 5.91 Å². The number of piperazine rings is 1. The molecule has 2 fully saturated rings. The second-order valence-corrected chi connectivity index (χ2v) is 7.38. The fraction of sp³-hybridized carbons (Fsp3) is 0.476. The highest BCUT2D eigenvalue weighted by molar-refractivity contribution is 5.91. The Kier molecular flexibility index (Phi) is 5.60. The lowest BCUT2D eigenvalue weighted by Crippen LogP contribution is -2.48. The Labute approximate surface area is 165 Å². The molecule has 4 heterocycles. The highest BCUT2D eigenvalue weighted by atomic mass is 16.3. The minimum absolute atomic E-state index is 0.0175. The fourth-order valence-electron chi connectivity index (χ4n) is 3.73. The lowest BCUT2D eigenvalue weighted by molar-refractivity contribution is -0.126. The fourth-order valence-corrected chi connectivity index (χ4v) is 3.73. The smallest absolute Gasteiger partial charge is 0.246 e. The van der Waals surface area contributed by atoms with Gasteiger partial charge in [0.05, 0.1) is 6.26 Å². The van der Waals surface area contributed by atoms with Crippen LogP contribution in [0.1, 0.15) is 30.7 Å². The average molecular weight is 381 g/mol. The van der Waals surface area contributed by atoms with Gasteiger partial charge < -0.3 is 19.1 Å². The van der Waals surface area contributed by atoms with E-state index in [1.165, 1.54) is 19.3 Å². The summed E-state index contributed by atoms with van der Waals surface area (Å²) >= 11 is 0. The summed E-state index contributed by atoms with van der Waals surface area (Å²) in [4.78, 5) is 28.3. The third kappa shape index (κ3) is 4.35. The van der Waals surface area contributed by atoms with Crippen LogP contribution in [-0.4, -0.2) is 60.0 Å². The van der Waals surface area contributed by atoms with Crippen molar-refractivity contribution in [1.29, 1.82) is 0 Å². The summed E-state index contributed by atoms with van der Waals surface area (Å²) in [5.41, 5.74) is 0.991. The second-order valence-electron chi connectivity index (χ2n) is 7.38. The number of piperidine rings is 1. The normalized spacial score (nSPS) is 18.1. The maximum atomic E-state index is 12.4. The summed E-state index contributed by atoms with van der Waals surface area (Å²) in [6.07, 6.45) is 8.60. The van der Waals surface area contributed by atoms with E-state index in [9.17, 15) is 4.79 Å². The van der Waals surface area contributed by atoms with Crippen LogP contribution in [0, 0.1) is 6.92 Å². The second kappa shape index (κ2) is 8.46. The van der Waals surface area contributed by atoms with Crippen molar-refractivity contribution in [3.05, 3.63) is 42.0 Å². The van der Waals surface area contributed by atoms with Gasteiger partial charge in [-0.2, -0.15) is 4.98 Å². The van der Waals surface area contributed by atoms with Crippen molar-refractivity contribution < 1.29 is 9.21 Å². The number of nitrogens with zero attached hydrogens (tertiary/aromatic N) is 5. The maximum absolute atomic E-state index is 12.4. The van der Waals surface area contributed by atoms with Crippen molar-refractivity contribution in [3.8, 4) is 0 Å². The van der Waals surface area contributed by atoms with Crippen LogP contribution in [-0.2, 0) is 4.79 Å². The van der Waals surface area contributed by atoms with E-state index in [1.807, 2.05) is 30.0 Å². The van der Waals surface area contributed by atoms with Gasteiger partial charge in [-0.25, -0.2) is 4.98 Å². The van der Waals surface area contributed by atoms with Crippen molar-refractivity contribution in [2.75, 3.05) is 49.1 Å². The van der Waals surface area contributed by atoms with Crippen molar-refractivity contribution in [1.82, 2.24) is 14.9 Å². The zero-order valence-corrected chi connectivity index (χ0v) is 16.4. The number of furan rings is 1. The van der Waals surface area contributed by atoms with E-state index in [0.29, 0.717) is 18.8 Å². The van der Waals surface area contributed by atoms with E-state index in [2.05, 4.69) is 14.8 Å². The number of anilines is 2. The topological polar surface area (TPSA) is 65.7 Å². The van der Waals surface area contributed by atoms with Gasteiger partial charge in [0.25, 0.3) is 0 Å². The Morgan fingerprint density at radius 1 is 1.04 bits per heavy atom. The molecule has 0 radical (unpaired) electrons. The molecule has 0 N–H and O–H groups in total. The molecule has 0 unspecified atom stereocenters. The summed E-state index contributed by atoms with van der Waals surface area (Å²) in [6.45, 7) is 7.01. The average Bonchev–Trinajstić information content (AvgIpc) is 3.26. The SMILES string of the molecule is Cc1cc(N2CCN(C(=O)/C=C/c3ccco3)CC2)nc(N2CCCCC2)n1. The predicted octanol–water partition coefficient (Wildman–Crippen LogP) is 2.73. The van der Waals surface area contributed by atoms with Crippen LogP contribution in [0.15, 0.2) is 35.0 Å². The molecule has 1 amide bonds. The third-order valence-corrected chi connectivity index (χ3v) is 5.32. The van der Waals surface area contributed by atoms with Crippen LogP contribution >= 0.6 is 0 Å². The number of amides is 1. The molecule has 148 valence electrons. The Bertz CT molecular complexity index is 819. The van der Waals surface area contributed by atoms with Gasteiger partial charge in [-0.15, -0.1) is 0 Å². The van der Waals surface area contributed by atoms with Crippen molar-refractivity contribution in [3.63, 3.8) is 0 Å². The maximum Gasteiger partial charge on any atom is 0.246 e. The Balaban J connectivity index is 1.38. The molecule has 0 atom stereocenters. The summed E-state index contributed by atoms with van der Waals surface area (Å²) in [7, 11) is 0. The zero-order chi connectivity index (χ0) is 19.3. The van der Waals surface area contributed by atoms with Gasteiger partial charge in [0.1, 0.15) is 11.6 Å². The standard InChI is InChI=1S/C21H27N5O2/c1-17-16-19(23-21(22-17)26-9-3-2-4-10-26)24-11-13-25(14-12-24)20(27)8-7-18-6-5-15-28-18/h5-8,15-16H,2-4,9-14H2,1H3/b8-7+. The van der Waals surface area contributed by atoms with Crippen LogP contribution < -0.4 is 9.80 Å². The van der Waals surface area contributed by atoms with E-state index in [1.54, 1.807) is 18.4 Å². The van der Waals surface area contributed by atoms with Crippen molar-refractivity contribution in [2.24, 2.45) is 0 Å². The number of hydrogen-bond donors (Lipinski definition) is 0. The van der Waals surface area contributed by atoms with Crippen LogP contribution in [0.4, 0.5) is 11.8 Å². The molecule has 7 nitrogen and oxygen atoms in total.